The van der Waals surface area contributed by atoms with E-state index in [2.05, 4.69) is 20.5 Å². The molecule has 0 spiro atoms. The van der Waals surface area contributed by atoms with Crippen LogP contribution in [0.15, 0.2) is 48.8 Å². The van der Waals surface area contributed by atoms with Crippen molar-refractivity contribution >= 4 is 30.7 Å². The van der Waals surface area contributed by atoms with Gasteiger partial charge in [-0.1, -0.05) is 30.3 Å². The summed E-state index contributed by atoms with van der Waals surface area (Å²) in [7, 11) is 0. The summed E-state index contributed by atoms with van der Waals surface area (Å²) in [4.78, 5) is 18.8. The van der Waals surface area contributed by atoms with Crippen LogP contribution in [-0.4, -0.2) is 55.1 Å². The van der Waals surface area contributed by atoms with Gasteiger partial charge in [-0.3, -0.25) is 14.7 Å². The number of hydrogen-bond acceptors (Lipinski definition) is 4. The molecule has 136 valence electrons. The number of nitrogens with zero attached hydrogens (tertiary/aromatic N) is 2. The van der Waals surface area contributed by atoms with Gasteiger partial charge in [0.25, 0.3) is 5.91 Å². The molecule has 7 heteroatoms. The van der Waals surface area contributed by atoms with Crippen LogP contribution in [0.4, 0.5) is 0 Å². The Hall–Kier alpha value is -1.66. The van der Waals surface area contributed by atoms with Crippen LogP contribution in [0.25, 0.3) is 11.1 Å². The van der Waals surface area contributed by atoms with Gasteiger partial charge in [0.05, 0.1) is 5.56 Å². The van der Waals surface area contributed by atoms with Crippen LogP contribution in [0.2, 0.25) is 0 Å². The van der Waals surface area contributed by atoms with Gasteiger partial charge in [-0.2, -0.15) is 0 Å². The van der Waals surface area contributed by atoms with Crippen LogP contribution in [0.3, 0.4) is 0 Å². The summed E-state index contributed by atoms with van der Waals surface area (Å²) in [6.45, 7) is 5.68. The first-order valence-electron chi connectivity index (χ1n) is 8.05. The van der Waals surface area contributed by atoms with Crippen molar-refractivity contribution in [1.29, 1.82) is 0 Å². The zero-order chi connectivity index (χ0) is 15.9. The Balaban J connectivity index is 0.00000156. The van der Waals surface area contributed by atoms with E-state index < -0.39 is 0 Å². The number of halogens is 2. The van der Waals surface area contributed by atoms with Crippen molar-refractivity contribution in [3.05, 3.63) is 54.4 Å². The fourth-order valence-electron chi connectivity index (χ4n) is 2.72. The Bertz CT molecular complexity index is 649. The highest BCUT2D eigenvalue weighted by Gasteiger charge is 2.11. The van der Waals surface area contributed by atoms with Gasteiger partial charge in [-0.15, -0.1) is 24.8 Å². The SMILES string of the molecule is Cl.Cl.O=C(NCCN1CCNCC1)c1cncc(-c2ccccc2)c1. The van der Waals surface area contributed by atoms with Gasteiger partial charge in [-0.25, -0.2) is 0 Å². The van der Waals surface area contributed by atoms with Crippen LogP contribution in [0.5, 0.6) is 0 Å². The number of pyridine rings is 1. The Morgan fingerprint density at radius 1 is 1.08 bits per heavy atom. The van der Waals surface area contributed by atoms with E-state index in [9.17, 15) is 4.79 Å². The molecular formula is C18H24Cl2N4O. The summed E-state index contributed by atoms with van der Waals surface area (Å²) in [6, 6.07) is 11.9. The number of benzene rings is 1. The predicted molar refractivity (Wildman–Crippen MR) is 106 cm³/mol. The first kappa shape index (κ1) is 21.4. The maximum absolute atomic E-state index is 12.3. The second-order valence-corrected chi connectivity index (χ2v) is 5.68. The third-order valence-corrected chi connectivity index (χ3v) is 4.03. The third kappa shape index (κ3) is 6.29. The fourth-order valence-corrected chi connectivity index (χ4v) is 2.72. The van der Waals surface area contributed by atoms with Crippen LogP contribution >= 0.6 is 24.8 Å². The molecule has 2 N–H and O–H groups in total. The predicted octanol–water partition coefficient (Wildman–Crippen LogP) is 2.23. The van der Waals surface area contributed by atoms with Crippen molar-refractivity contribution in [1.82, 2.24) is 20.5 Å². The number of rotatable bonds is 5. The Morgan fingerprint density at radius 3 is 2.52 bits per heavy atom. The molecule has 0 atom stereocenters. The minimum atomic E-state index is -0.0644. The molecule has 1 amide bonds. The van der Waals surface area contributed by atoms with Crippen molar-refractivity contribution in [3.8, 4) is 11.1 Å². The molecule has 5 nitrogen and oxygen atoms in total. The summed E-state index contributed by atoms with van der Waals surface area (Å²) >= 11 is 0. The molecular weight excluding hydrogens is 359 g/mol. The number of amides is 1. The Labute approximate surface area is 161 Å². The monoisotopic (exact) mass is 382 g/mol. The molecule has 3 rings (SSSR count). The molecule has 0 radical (unpaired) electrons. The lowest BCUT2D eigenvalue weighted by atomic mass is 10.1. The fraction of sp³-hybridized carbons (Fsp3) is 0.333. The number of aromatic nitrogens is 1. The smallest absolute Gasteiger partial charge is 0.252 e. The van der Waals surface area contributed by atoms with E-state index in [4.69, 9.17) is 0 Å². The van der Waals surface area contributed by atoms with Gasteiger partial charge in [0.15, 0.2) is 0 Å². The van der Waals surface area contributed by atoms with Crippen molar-refractivity contribution in [2.45, 2.75) is 0 Å². The van der Waals surface area contributed by atoms with Crippen molar-refractivity contribution in [3.63, 3.8) is 0 Å². The lowest BCUT2D eigenvalue weighted by Crippen LogP contribution is -2.46. The van der Waals surface area contributed by atoms with Crippen LogP contribution in [-0.2, 0) is 0 Å². The molecule has 2 aromatic rings. The molecule has 0 bridgehead atoms. The van der Waals surface area contributed by atoms with Crippen molar-refractivity contribution in [2.24, 2.45) is 0 Å². The Kier molecular flexibility index (Phi) is 9.45. The highest BCUT2D eigenvalue weighted by Crippen LogP contribution is 2.18. The molecule has 0 aliphatic carbocycles. The number of nitrogens with one attached hydrogen (secondary N) is 2. The summed E-state index contributed by atoms with van der Waals surface area (Å²) in [6.07, 6.45) is 3.40. The molecule has 1 aliphatic rings. The Morgan fingerprint density at radius 2 is 1.80 bits per heavy atom. The molecule has 1 saturated heterocycles. The average Bonchev–Trinajstić information content (AvgIpc) is 2.63. The van der Waals surface area contributed by atoms with E-state index in [1.165, 1.54) is 0 Å². The van der Waals surface area contributed by atoms with Gasteiger partial charge in [0, 0.05) is 57.2 Å². The van der Waals surface area contributed by atoms with Crippen molar-refractivity contribution < 1.29 is 4.79 Å². The number of carbonyl (C=O) groups is 1. The summed E-state index contributed by atoms with van der Waals surface area (Å²) < 4.78 is 0. The summed E-state index contributed by atoms with van der Waals surface area (Å²) in [5, 5.41) is 6.31. The summed E-state index contributed by atoms with van der Waals surface area (Å²) in [5.41, 5.74) is 2.63. The molecule has 1 aromatic heterocycles. The first-order valence-corrected chi connectivity index (χ1v) is 8.05. The van der Waals surface area contributed by atoms with Crippen LogP contribution in [0, 0.1) is 0 Å². The van der Waals surface area contributed by atoms with Gasteiger partial charge in [0.1, 0.15) is 0 Å². The highest BCUT2D eigenvalue weighted by atomic mass is 35.5. The second-order valence-electron chi connectivity index (χ2n) is 5.68. The first-order chi connectivity index (χ1) is 11.3. The maximum Gasteiger partial charge on any atom is 0.252 e. The van der Waals surface area contributed by atoms with E-state index >= 15 is 0 Å². The normalized spacial score (nSPS) is 14.1. The summed E-state index contributed by atoms with van der Waals surface area (Å²) in [5.74, 6) is -0.0644. The minimum Gasteiger partial charge on any atom is -0.351 e. The van der Waals surface area contributed by atoms with E-state index in [1.807, 2.05) is 36.4 Å². The van der Waals surface area contributed by atoms with Crippen molar-refractivity contribution in [2.75, 3.05) is 39.3 Å². The third-order valence-electron chi connectivity index (χ3n) is 4.03. The van der Waals surface area contributed by atoms with E-state index in [0.29, 0.717) is 12.1 Å². The molecule has 0 saturated carbocycles. The van der Waals surface area contributed by atoms with Gasteiger partial charge < -0.3 is 10.6 Å². The number of carbonyl (C=O) groups excluding carboxylic acids is 1. The van der Waals surface area contributed by atoms with E-state index in [1.54, 1.807) is 12.4 Å². The van der Waals surface area contributed by atoms with Gasteiger partial charge in [-0.05, 0) is 11.6 Å². The lowest BCUT2D eigenvalue weighted by Gasteiger charge is -2.27. The average molecular weight is 383 g/mol. The lowest BCUT2D eigenvalue weighted by molar-refractivity contribution is 0.0947. The van der Waals surface area contributed by atoms with Crippen LogP contribution in [0.1, 0.15) is 10.4 Å². The quantitative estimate of drug-likeness (QED) is 0.832. The minimum absolute atomic E-state index is 0. The molecule has 1 fully saturated rings. The molecule has 1 aliphatic heterocycles. The molecule has 25 heavy (non-hydrogen) atoms. The molecule has 0 unspecified atom stereocenters. The molecule has 1 aromatic carbocycles. The number of hydrogen-bond donors (Lipinski definition) is 2. The highest BCUT2D eigenvalue weighted by molar-refractivity contribution is 5.95. The maximum atomic E-state index is 12.3. The van der Waals surface area contributed by atoms with Gasteiger partial charge in [0.2, 0.25) is 0 Å². The zero-order valence-electron chi connectivity index (χ0n) is 14.0. The molecule has 2 heterocycles. The standard InChI is InChI=1S/C18H22N4O.2ClH/c23-18(21-8-11-22-9-6-19-7-10-22)17-12-16(13-20-14-17)15-4-2-1-3-5-15;;/h1-5,12-14,19H,6-11H2,(H,21,23);2*1H. The second kappa shape index (κ2) is 11.1. The van der Waals surface area contributed by atoms with E-state index in [0.717, 1.165) is 43.9 Å². The number of piperazine rings is 1. The topological polar surface area (TPSA) is 57.3 Å². The van der Waals surface area contributed by atoms with Crippen LogP contribution < -0.4 is 10.6 Å². The van der Waals surface area contributed by atoms with Gasteiger partial charge >= 0.3 is 0 Å². The largest absolute Gasteiger partial charge is 0.351 e. The van der Waals surface area contributed by atoms with E-state index in [-0.39, 0.29) is 30.7 Å². The zero-order valence-corrected chi connectivity index (χ0v) is 15.6.